The van der Waals surface area contributed by atoms with Crippen LogP contribution in [0.2, 0.25) is 5.02 Å². The second kappa shape index (κ2) is 6.32. The lowest BCUT2D eigenvalue weighted by Crippen LogP contribution is -2.19. The summed E-state index contributed by atoms with van der Waals surface area (Å²) >= 11 is 6.09. The molecule has 3 rings (SSSR count). The molecule has 3 aromatic rings. The van der Waals surface area contributed by atoms with Crippen LogP contribution in [-0.2, 0) is 6.42 Å². The predicted molar refractivity (Wildman–Crippen MR) is 90.5 cm³/mol. The highest BCUT2D eigenvalue weighted by Gasteiger charge is 2.14. The first kappa shape index (κ1) is 14.8. The molecule has 0 fully saturated rings. The van der Waals surface area contributed by atoms with Crippen molar-refractivity contribution >= 4 is 17.2 Å². The third-order valence-electron chi connectivity index (χ3n) is 3.69. The lowest BCUT2D eigenvalue weighted by atomic mass is 10.0. The Balaban J connectivity index is 2.29. The number of aryl methyl sites for hydroxylation is 1. The van der Waals surface area contributed by atoms with Gasteiger partial charge in [-0.1, -0.05) is 43.1 Å². The normalized spacial score (nSPS) is 11.0. The second-order valence-corrected chi connectivity index (χ2v) is 5.72. The van der Waals surface area contributed by atoms with Crippen LogP contribution in [0.25, 0.3) is 16.8 Å². The van der Waals surface area contributed by atoms with Crippen LogP contribution in [0.5, 0.6) is 0 Å². The summed E-state index contributed by atoms with van der Waals surface area (Å²) in [6.07, 6.45) is 4.61. The molecule has 0 radical (unpaired) electrons. The lowest BCUT2D eigenvalue weighted by Gasteiger charge is -2.11. The first-order chi connectivity index (χ1) is 10.7. The van der Waals surface area contributed by atoms with Gasteiger partial charge in [-0.2, -0.15) is 0 Å². The molecular formula is C18H17ClN2O. The lowest BCUT2D eigenvalue weighted by molar-refractivity contribution is 0.774. The van der Waals surface area contributed by atoms with E-state index in [2.05, 4.69) is 6.92 Å². The maximum absolute atomic E-state index is 12.9. The Morgan fingerprint density at radius 2 is 2.05 bits per heavy atom. The van der Waals surface area contributed by atoms with Crippen molar-refractivity contribution in [2.24, 2.45) is 0 Å². The van der Waals surface area contributed by atoms with Crippen molar-refractivity contribution < 1.29 is 0 Å². The van der Waals surface area contributed by atoms with Gasteiger partial charge in [0.1, 0.15) is 5.65 Å². The number of hydrogen-bond donors (Lipinski definition) is 0. The Kier molecular flexibility index (Phi) is 4.25. The van der Waals surface area contributed by atoms with Gasteiger partial charge in [-0.15, -0.1) is 0 Å². The molecule has 0 spiro atoms. The van der Waals surface area contributed by atoms with E-state index in [1.807, 2.05) is 42.5 Å². The standard InChI is InChI=1S/C18H17ClN2O/c1-2-3-9-15-17(13-7-6-8-14(19)12-13)18(22)21-11-5-4-10-16(21)20-15/h4-8,10-12H,2-3,9H2,1H3. The largest absolute Gasteiger partial charge is 0.268 e. The number of halogens is 1. The minimum atomic E-state index is -0.0426. The van der Waals surface area contributed by atoms with Crippen LogP contribution in [0.15, 0.2) is 53.5 Å². The van der Waals surface area contributed by atoms with Crippen molar-refractivity contribution in [3.8, 4) is 11.1 Å². The molecule has 22 heavy (non-hydrogen) atoms. The molecule has 0 N–H and O–H groups in total. The van der Waals surface area contributed by atoms with Crippen LogP contribution >= 0.6 is 11.6 Å². The van der Waals surface area contributed by atoms with Gasteiger partial charge >= 0.3 is 0 Å². The second-order valence-electron chi connectivity index (χ2n) is 5.28. The summed E-state index contributed by atoms with van der Waals surface area (Å²) in [4.78, 5) is 17.6. The summed E-state index contributed by atoms with van der Waals surface area (Å²) in [7, 11) is 0. The first-order valence-electron chi connectivity index (χ1n) is 7.47. The maximum Gasteiger partial charge on any atom is 0.265 e. The Morgan fingerprint density at radius 1 is 1.18 bits per heavy atom. The molecule has 0 unspecified atom stereocenters. The molecule has 0 saturated heterocycles. The van der Waals surface area contributed by atoms with E-state index < -0.39 is 0 Å². The number of benzene rings is 1. The van der Waals surface area contributed by atoms with E-state index in [1.54, 1.807) is 10.6 Å². The van der Waals surface area contributed by atoms with Crippen molar-refractivity contribution in [1.82, 2.24) is 9.38 Å². The van der Waals surface area contributed by atoms with E-state index in [-0.39, 0.29) is 5.56 Å². The van der Waals surface area contributed by atoms with Crippen LogP contribution in [0.1, 0.15) is 25.5 Å². The van der Waals surface area contributed by atoms with Gasteiger partial charge in [-0.25, -0.2) is 4.98 Å². The van der Waals surface area contributed by atoms with Crippen molar-refractivity contribution in [3.05, 3.63) is 69.7 Å². The molecule has 0 aliphatic rings. The third-order valence-corrected chi connectivity index (χ3v) is 3.92. The molecule has 2 heterocycles. The van der Waals surface area contributed by atoms with Crippen molar-refractivity contribution in [2.75, 3.05) is 0 Å². The zero-order valence-electron chi connectivity index (χ0n) is 12.4. The summed E-state index contributed by atoms with van der Waals surface area (Å²) < 4.78 is 1.59. The van der Waals surface area contributed by atoms with Gasteiger partial charge in [0.25, 0.3) is 5.56 Å². The average molecular weight is 313 g/mol. The first-order valence-corrected chi connectivity index (χ1v) is 7.84. The molecule has 4 heteroatoms. The summed E-state index contributed by atoms with van der Waals surface area (Å²) in [6, 6.07) is 13.0. The minimum absolute atomic E-state index is 0.0426. The summed E-state index contributed by atoms with van der Waals surface area (Å²) in [5.74, 6) is 0. The molecule has 0 amide bonds. The van der Waals surface area contributed by atoms with E-state index in [9.17, 15) is 4.79 Å². The fourth-order valence-corrected chi connectivity index (χ4v) is 2.78. The van der Waals surface area contributed by atoms with Gasteiger partial charge in [-0.3, -0.25) is 9.20 Å². The zero-order chi connectivity index (χ0) is 15.5. The van der Waals surface area contributed by atoms with E-state index >= 15 is 0 Å². The summed E-state index contributed by atoms with van der Waals surface area (Å²) in [5.41, 5.74) is 2.97. The van der Waals surface area contributed by atoms with E-state index in [1.165, 1.54) is 0 Å². The van der Waals surface area contributed by atoms with E-state index in [0.29, 0.717) is 16.2 Å². The van der Waals surface area contributed by atoms with Gasteiger partial charge < -0.3 is 0 Å². The van der Waals surface area contributed by atoms with E-state index in [4.69, 9.17) is 16.6 Å². The highest BCUT2D eigenvalue weighted by Crippen LogP contribution is 2.24. The predicted octanol–water partition coefficient (Wildman–Crippen LogP) is 4.36. The third kappa shape index (κ3) is 2.77. The van der Waals surface area contributed by atoms with Crippen LogP contribution in [0.4, 0.5) is 0 Å². The zero-order valence-corrected chi connectivity index (χ0v) is 13.2. The summed E-state index contributed by atoms with van der Waals surface area (Å²) in [6.45, 7) is 2.13. The minimum Gasteiger partial charge on any atom is -0.268 e. The monoisotopic (exact) mass is 312 g/mol. The molecule has 0 atom stereocenters. The quantitative estimate of drug-likeness (QED) is 0.717. The van der Waals surface area contributed by atoms with Gasteiger partial charge in [0, 0.05) is 11.2 Å². The fraction of sp³-hybridized carbons (Fsp3) is 0.222. The molecule has 0 aliphatic heterocycles. The summed E-state index contributed by atoms with van der Waals surface area (Å²) in [5, 5.41) is 0.622. The Hall–Kier alpha value is -2.13. The van der Waals surface area contributed by atoms with Gasteiger partial charge in [0.2, 0.25) is 0 Å². The van der Waals surface area contributed by atoms with Gasteiger partial charge in [-0.05, 0) is 42.7 Å². The van der Waals surface area contributed by atoms with Crippen LogP contribution in [0.3, 0.4) is 0 Å². The number of nitrogens with zero attached hydrogens (tertiary/aromatic N) is 2. The Morgan fingerprint density at radius 3 is 2.82 bits per heavy atom. The number of unbranched alkanes of at least 4 members (excludes halogenated alkanes) is 1. The number of fused-ring (bicyclic) bond motifs is 1. The molecule has 3 nitrogen and oxygen atoms in total. The van der Waals surface area contributed by atoms with Crippen molar-refractivity contribution in [1.29, 1.82) is 0 Å². The highest BCUT2D eigenvalue weighted by molar-refractivity contribution is 6.30. The number of hydrogen-bond acceptors (Lipinski definition) is 2. The molecule has 0 saturated carbocycles. The Bertz CT molecular complexity index is 870. The molecular weight excluding hydrogens is 296 g/mol. The SMILES string of the molecule is CCCCc1nc2ccccn2c(=O)c1-c1cccc(Cl)c1. The van der Waals surface area contributed by atoms with Crippen LogP contribution in [-0.4, -0.2) is 9.38 Å². The fourth-order valence-electron chi connectivity index (χ4n) is 2.59. The Labute approximate surface area is 134 Å². The smallest absolute Gasteiger partial charge is 0.265 e. The molecule has 0 bridgehead atoms. The van der Waals surface area contributed by atoms with Gasteiger partial charge in [0.05, 0.1) is 11.3 Å². The highest BCUT2D eigenvalue weighted by atomic mass is 35.5. The number of aromatic nitrogens is 2. The molecule has 0 aliphatic carbocycles. The van der Waals surface area contributed by atoms with Crippen molar-refractivity contribution in [2.45, 2.75) is 26.2 Å². The molecule has 1 aromatic carbocycles. The average Bonchev–Trinajstić information content (AvgIpc) is 2.53. The number of pyridine rings is 1. The maximum atomic E-state index is 12.9. The molecule has 2 aromatic heterocycles. The van der Waals surface area contributed by atoms with Crippen LogP contribution in [0, 0.1) is 0 Å². The van der Waals surface area contributed by atoms with Crippen molar-refractivity contribution in [3.63, 3.8) is 0 Å². The van der Waals surface area contributed by atoms with Gasteiger partial charge in [0.15, 0.2) is 0 Å². The number of rotatable bonds is 4. The van der Waals surface area contributed by atoms with Crippen LogP contribution < -0.4 is 5.56 Å². The van der Waals surface area contributed by atoms with E-state index in [0.717, 1.165) is 30.5 Å². The topological polar surface area (TPSA) is 34.4 Å². The molecule has 112 valence electrons.